The van der Waals surface area contributed by atoms with E-state index in [9.17, 15) is 0 Å². The number of likely N-dealkylation sites (tertiary alicyclic amines) is 2. The van der Waals surface area contributed by atoms with E-state index in [1.807, 2.05) is 6.20 Å². The van der Waals surface area contributed by atoms with Crippen LogP contribution in [0.2, 0.25) is 0 Å². The molecule has 3 atom stereocenters. The normalized spacial score (nSPS) is 26.7. The van der Waals surface area contributed by atoms with Gasteiger partial charge in [0.25, 0.3) is 0 Å². The van der Waals surface area contributed by atoms with E-state index < -0.39 is 0 Å². The predicted octanol–water partition coefficient (Wildman–Crippen LogP) is 4.67. The molecule has 0 amide bonds. The Morgan fingerprint density at radius 1 is 1.00 bits per heavy atom. The molecule has 2 aromatic heterocycles. The second-order valence-electron chi connectivity index (χ2n) is 10.3. The van der Waals surface area contributed by atoms with Gasteiger partial charge in [-0.3, -0.25) is 9.88 Å². The summed E-state index contributed by atoms with van der Waals surface area (Å²) in [7, 11) is 2.26. The number of rotatable bonds is 4. The lowest BCUT2D eigenvalue weighted by Gasteiger charge is -2.44. The highest BCUT2D eigenvalue weighted by Crippen LogP contribution is 2.43. The average molecular weight is 430 g/mol. The third-order valence-corrected chi connectivity index (χ3v) is 8.09. The molecule has 3 aromatic rings. The maximum absolute atomic E-state index is 5.17. The van der Waals surface area contributed by atoms with Crippen LogP contribution in [0.1, 0.15) is 55.2 Å². The Balaban J connectivity index is 1.33. The quantitative estimate of drug-likeness (QED) is 0.604. The molecule has 1 aromatic carbocycles. The molecule has 168 valence electrons. The smallest absolute Gasteiger partial charge is 0.124 e. The van der Waals surface area contributed by atoms with E-state index in [2.05, 4.69) is 57.8 Å². The number of pyridine rings is 1. The summed E-state index contributed by atoms with van der Waals surface area (Å²) in [5, 5.41) is 0. The number of nitrogens with zero attached hydrogens (tertiary/aromatic N) is 5. The summed E-state index contributed by atoms with van der Waals surface area (Å²) < 4.78 is 2.55. The number of hydrogen-bond donors (Lipinski definition) is 0. The molecule has 6 rings (SSSR count). The van der Waals surface area contributed by atoms with Gasteiger partial charge in [-0.1, -0.05) is 18.2 Å². The molecular formula is C27H35N5. The van der Waals surface area contributed by atoms with Crippen LogP contribution in [0.3, 0.4) is 0 Å². The number of fused-ring (bicyclic) bond motifs is 4. The first-order valence-electron chi connectivity index (χ1n) is 12.6. The zero-order chi connectivity index (χ0) is 21.5. The maximum Gasteiger partial charge on any atom is 0.124 e. The highest BCUT2D eigenvalue weighted by molar-refractivity contribution is 5.75. The fourth-order valence-corrected chi connectivity index (χ4v) is 6.61. The van der Waals surface area contributed by atoms with Crippen LogP contribution in [0.5, 0.6) is 0 Å². The van der Waals surface area contributed by atoms with Gasteiger partial charge in [-0.15, -0.1) is 0 Å². The van der Waals surface area contributed by atoms with Crippen molar-refractivity contribution in [2.24, 2.45) is 11.8 Å². The first-order valence-corrected chi connectivity index (χ1v) is 12.6. The van der Waals surface area contributed by atoms with E-state index in [4.69, 9.17) is 9.97 Å². The van der Waals surface area contributed by atoms with Gasteiger partial charge in [0.05, 0.1) is 29.3 Å². The number of hydrogen-bond acceptors (Lipinski definition) is 4. The highest BCUT2D eigenvalue weighted by Gasteiger charge is 2.38. The molecule has 5 nitrogen and oxygen atoms in total. The van der Waals surface area contributed by atoms with E-state index in [1.165, 1.54) is 74.2 Å². The van der Waals surface area contributed by atoms with Crippen molar-refractivity contribution in [1.82, 2.24) is 24.3 Å². The Morgan fingerprint density at radius 3 is 2.84 bits per heavy atom. The summed E-state index contributed by atoms with van der Waals surface area (Å²) >= 11 is 0. The third kappa shape index (κ3) is 3.75. The number of benzene rings is 1. The van der Waals surface area contributed by atoms with Crippen molar-refractivity contribution in [1.29, 1.82) is 0 Å². The van der Waals surface area contributed by atoms with Gasteiger partial charge in [-0.25, -0.2) is 4.98 Å². The molecular weight excluding hydrogens is 394 g/mol. The van der Waals surface area contributed by atoms with Crippen LogP contribution in [-0.2, 0) is 19.5 Å². The number of para-hydroxylation sites is 2. The molecule has 0 saturated carbocycles. The number of aryl methyl sites for hydroxylation is 1. The minimum absolute atomic E-state index is 0.447. The standard InChI is InChI=1S/C27H35N5/c1-30-15-5-7-20(17-30)18-32-24-11-3-2-10-23(24)29-25(32)19-31-16-6-9-22-13-12-21-8-4-14-28-26(21)27(22)31/h2-4,8,10-11,14,20,22,27H,5-7,9,12-13,15-19H2,1H3/t20?,22-,27+/m1/s1. The van der Waals surface area contributed by atoms with Crippen LogP contribution in [0.25, 0.3) is 11.0 Å². The van der Waals surface area contributed by atoms with Gasteiger partial charge < -0.3 is 9.47 Å². The van der Waals surface area contributed by atoms with Crippen molar-refractivity contribution in [2.45, 2.75) is 57.7 Å². The molecule has 0 spiro atoms. The summed E-state index contributed by atoms with van der Waals surface area (Å²) in [6.07, 6.45) is 9.72. The largest absolute Gasteiger partial charge is 0.327 e. The lowest BCUT2D eigenvalue weighted by atomic mass is 9.77. The van der Waals surface area contributed by atoms with E-state index in [0.29, 0.717) is 12.0 Å². The van der Waals surface area contributed by atoms with Gasteiger partial charge >= 0.3 is 0 Å². The summed E-state index contributed by atoms with van der Waals surface area (Å²) in [5.74, 6) is 2.68. The first-order chi connectivity index (χ1) is 15.8. The molecule has 3 aliphatic rings. The second-order valence-corrected chi connectivity index (χ2v) is 10.3. The fourth-order valence-electron chi connectivity index (χ4n) is 6.61. The number of piperidine rings is 2. The molecule has 2 saturated heterocycles. The lowest BCUT2D eigenvalue weighted by molar-refractivity contribution is 0.0659. The Hall–Kier alpha value is -2.24. The Labute approximate surface area is 191 Å². The van der Waals surface area contributed by atoms with Crippen molar-refractivity contribution < 1.29 is 0 Å². The third-order valence-electron chi connectivity index (χ3n) is 8.09. The predicted molar refractivity (Wildman–Crippen MR) is 128 cm³/mol. The van der Waals surface area contributed by atoms with Gasteiger partial charge in [-0.05, 0) is 94.3 Å². The van der Waals surface area contributed by atoms with Crippen molar-refractivity contribution in [3.63, 3.8) is 0 Å². The van der Waals surface area contributed by atoms with Crippen molar-refractivity contribution in [3.8, 4) is 0 Å². The first kappa shape index (κ1) is 20.4. The second kappa shape index (κ2) is 8.60. The average Bonchev–Trinajstić information content (AvgIpc) is 3.16. The van der Waals surface area contributed by atoms with E-state index in [1.54, 1.807) is 0 Å². The number of aromatic nitrogens is 3. The molecule has 2 fully saturated rings. The molecule has 0 bridgehead atoms. The summed E-state index contributed by atoms with van der Waals surface area (Å²) in [5.41, 5.74) is 5.23. The highest BCUT2D eigenvalue weighted by atomic mass is 15.2. The Morgan fingerprint density at radius 2 is 1.91 bits per heavy atom. The molecule has 0 radical (unpaired) electrons. The Kier molecular flexibility index (Phi) is 5.48. The SMILES string of the molecule is CN1CCCC(Cn2c(CN3CCC[C@@H]4CCc5cccnc5[C@H]43)nc3ccccc32)C1. The monoisotopic (exact) mass is 429 g/mol. The topological polar surface area (TPSA) is 37.2 Å². The molecule has 0 N–H and O–H groups in total. The van der Waals surface area contributed by atoms with Crippen molar-refractivity contribution in [3.05, 3.63) is 59.7 Å². The van der Waals surface area contributed by atoms with Crippen LogP contribution >= 0.6 is 0 Å². The van der Waals surface area contributed by atoms with Crippen molar-refractivity contribution in [2.75, 3.05) is 26.7 Å². The van der Waals surface area contributed by atoms with Gasteiger partial charge in [0.1, 0.15) is 5.82 Å². The van der Waals surface area contributed by atoms with E-state index in [0.717, 1.165) is 31.1 Å². The van der Waals surface area contributed by atoms with Crippen LogP contribution in [0.15, 0.2) is 42.6 Å². The molecule has 2 aliphatic heterocycles. The summed E-state index contributed by atoms with van der Waals surface area (Å²) in [4.78, 5) is 15.3. The van der Waals surface area contributed by atoms with Gasteiger partial charge in [0, 0.05) is 19.3 Å². The molecule has 1 aliphatic carbocycles. The van der Waals surface area contributed by atoms with Gasteiger partial charge in [0.2, 0.25) is 0 Å². The van der Waals surface area contributed by atoms with Gasteiger partial charge in [0.15, 0.2) is 0 Å². The maximum atomic E-state index is 5.17. The Bertz CT molecular complexity index is 1090. The van der Waals surface area contributed by atoms with Crippen molar-refractivity contribution >= 4 is 11.0 Å². The summed E-state index contributed by atoms with van der Waals surface area (Å²) in [6, 6.07) is 13.6. The van der Waals surface area contributed by atoms with Crippen LogP contribution in [-0.4, -0.2) is 51.0 Å². The van der Waals surface area contributed by atoms with Gasteiger partial charge in [-0.2, -0.15) is 0 Å². The zero-order valence-electron chi connectivity index (χ0n) is 19.3. The molecule has 5 heteroatoms. The zero-order valence-corrected chi connectivity index (χ0v) is 19.3. The van der Waals surface area contributed by atoms with E-state index >= 15 is 0 Å². The molecule has 4 heterocycles. The molecule has 32 heavy (non-hydrogen) atoms. The summed E-state index contributed by atoms with van der Waals surface area (Å²) in [6.45, 7) is 5.58. The van der Waals surface area contributed by atoms with Crippen LogP contribution in [0.4, 0.5) is 0 Å². The fraction of sp³-hybridized carbons (Fsp3) is 0.556. The van der Waals surface area contributed by atoms with Crippen LogP contribution < -0.4 is 0 Å². The minimum atomic E-state index is 0.447. The number of imidazole rings is 1. The van der Waals surface area contributed by atoms with E-state index in [-0.39, 0.29) is 0 Å². The van der Waals surface area contributed by atoms with Crippen LogP contribution in [0, 0.1) is 11.8 Å². The minimum Gasteiger partial charge on any atom is -0.327 e. The molecule has 1 unspecified atom stereocenters. The lowest BCUT2D eigenvalue weighted by Crippen LogP contribution is -2.42.